The summed E-state index contributed by atoms with van der Waals surface area (Å²) in [6.07, 6.45) is 4.98. The Labute approximate surface area is 119 Å². The van der Waals surface area contributed by atoms with Gasteiger partial charge in [0.25, 0.3) is 0 Å². The molecule has 0 aliphatic carbocycles. The lowest BCUT2D eigenvalue weighted by Crippen LogP contribution is -2.44. The highest BCUT2D eigenvalue weighted by molar-refractivity contribution is 6.17. The van der Waals surface area contributed by atoms with E-state index in [1.165, 1.54) is 17.7 Å². The van der Waals surface area contributed by atoms with Crippen LogP contribution in [0.25, 0.3) is 0 Å². The first-order chi connectivity index (χ1) is 9.38. The lowest BCUT2D eigenvalue weighted by molar-refractivity contribution is 0.0209. The molecule has 0 radical (unpaired) electrons. The highest BCUT2D eigenvalue weighted by atomic mass is 35.5. The molecule has 2 aliphatic heterocycles. The molecule has 0 bridgehead atoms. The van der Waals surface area contributed by atoms with Crippen molar-refractivity contribution in [1.82, 2.24) is 9.88 Å². The van der Waals surface area contributed by atoms with E-state index >= 15 is 0 Å². The summed E-state index contributed by atoms with van der Waals surface area (Å²) in [5.74, 6) is 0.552. The van der Waals surface area contributed by atoms with E-state index in [9.17, 15) is 0 Å². The molecule has 0 spiro atoms. The fourth-order valence-corrected chi connectivity index (χ4v) is 3.24. The number of hydrogen-bond donors (Lipinski definition) is 0. The number of nitrogens with zero attached hydrogens (tertiary/aromatic N) is 3. The molecule has 19 heavy (non-hydrogen) atoms. The Balaban J connectivity index is 1.67. The maximum atomic E-state index is 6.01. The van der Waals surface area contributed by atoms with Crippen molar-refractivity contribution in [2.75, 3.05) is 44.3 Å². The third kappa shape index (κ3) is 2.86. The van der Waals surface area contributed by atoms with Crippen molar-refractivity contribution in [3.05, 3.63) is 24.0 Å². The van der Waals surface area contributed by atoms with Crippen LogP contribution in [0.3, 0.4) is 0 Å². The third-order valence-corrected chi connectivity index (χ3v) is 4.39. The number of morpholine rings is 1. The minimum Gasteiger partial charge on any atom is -0.379 e. The molecule has 1 aromatic rings. The number of aromatic nitrogens is 1. The van der Waals surface area contributed by atoms with Crippen LogP contribution in [0, 0.1) is 0 Å². The van der Waals surface area contributed by atoms with Crippen molar-refractivity contribution in [3.63, 3.8) is 0 Å². The van der Waals surface area contributed by atoms with E-state index in [4.69, 9.17) is 16.3 Å². The normalized spacial score (nSPS) is 24.9. The van der Waals surface area contributed by atoms with Crippen molar-refractivity contribution in [3.8, 4) is 0 Å². The lowest BCUT2D eigenvalue weighted by atomic mass is 10.2. The van der Waals surface area contributed by atoms with E-state index in [1.54, 1.807) is 0 Å². The zero-order valence-corrected chi connectivity index (χ0v) is 11.9. The van der Waals surface area contributed by atoms with E-state index in [0.717, 1.165) is 39.4 Å². The van der Waals surface area contributed by atoms with Crippen LogP contribution in [-0.4, -0.2) is 55.3 Å². The average Bonchev–Trinajstić information content (AvgIpc) is 2.98. The van der Waals surface area contributed by atoms with Crippen LogP contribution < -0.4 is 4.90 Å². The SMILES string of the molecule is ClCc1ccncc1N1CCC(N2CCOCC2)C1. The van der Waals surface area contributed by atoms with Gasteiger partial charge in [-0.05, 0) is 18.1 Å². The van der Waals surface area contributed by atoms with Gasteiger partial charge >= 0.3 is 0 Å². The Kier molecular flexibility index (Phi) is 4.21. The molecule has 1 aromatic heterocycles. The molecular weight excluding hydrogens is 262 g/mol. The minimum absolute atomic E-state index is 0.552. The summed E-state index contributed by atoms with van der Waals surface area (Å²) in [5, 5.41) is 0. The number of pyridine rings is 1. The summed E-state index contributed by atoms with van der Waals surface area (Å²) in [5.41, 5.74) is 2.38. The number of halogens is 1. The molecule has 0 amide bonds. The summed E-state index contributed by atoms with van der Waals surface area (Å²) in [7, 11) is 0. The second kappa shape index (κ2) is 6.07. The Morgan fingerprint density at radius 1 is 1.32 bits per heavy atom. The van der Waals surface area contributed by atoms with Crippen molar-refractivity contribution >= 4 is 17.3 Å². The molecule has 0 N–H and O–H groups in total. The van der Waals surface area contributed by atoms with E-state index in [-0.39, 0.29) is 0 Å². The number of ether oxygens (including phenoxy) is 1. The Morgan fingerprint density at radius 2 is 2.16 bits per heavy atom. The highest BCUT2D eigenvalue weighted by Gasteiger charge is 2.29. The molecule has 2 saturated heterocycles. The molecule has 3 rings (SSSR count). The first-order valence-corrected chi connectivity index (χ1v) is 7.47. The van der Waals surface area contributed by atoms with Gasteiger partial charge in [0.05, 0.1) is 25.1 Å². The summed E-state index contributed by atoms with van der Waals surface area (Å²) in [6, 6.07) is 2.66. The second-order valence-corrected chi connectivity index (χ2v) is 5.44. The van der Waals surface area contributed by atoms with Crippen LogP contribution in [0.15, 0.2) is 18.5 Å². The van der Waals surface area contributed by atoms with Crippen LogP contribution in [0.4, 0.5) is 5.69 Å². The standard InChI is InChI=1S/C14H20ClN3O/c15-9-12-1-3-16-10-14(12)18-4-2-13(11-18)17-5-7-19-8-6-17/h1,3,10,13H,2,4-9,11H2. The minimum atomic E-state index is 0.552. The van der Waals surface area contributed by atoms with Gasteiger partial charge in [-0.15, -0.1) is 11.6 Å². The quantitative estimate of drug-likeness (QED) is 0.789. The average molecular weight is 282 g/mol. The van der Waals surface area contributed by atoms with E-state index in [0.29, 0.717) is 11.9 Å². The van der Waals surface area contributed by atoms with E-state index in [1.807, 2.05) is 18.5 Å². The van der Waals surface area contributed by atoms with Crippen molar-refractivity contribution in [2.45, 2.75) is 18.3 Å². The largest absolute Gasteiger partial charge is 0.379 e. The number of rotatable bonds is 3. The summed E-state index contributed by atoms with van der Waals surface area (Å²) in [4.78, 5) is 9.22. The maximum Gasteiger partial charge on any atom is 0.0598 e. The summed E-state index contributed by atoms with van der Waals surface area (Å²) < 4.78 is 5.42. The van der Waals surface area contributed by atoms with Crippen LogP contribution in [0.1, 0.15) is 12.0 Å². The fraction of sp³-hybridized carbons (Fsp3) is 0.643. The van der Waals surface area contributed by atoms with Crippen molar-refractivity contribution in [2.24, 2.45) is 0 Å². The summed E-state index contributed by atoms with van der Waals surface area (Å²) >= 11 is 6.01. The van der Waals surface area contributed by atoms with Gasteiger partial charge in [0.1, 0.15) is 0 Å². The topological polar surface area (TPSA) is 28.6 Å². The molecule has 5 heteroatoms. The van der Waals surface area contributed by atoms with Crippen molar-refractivity contribution < 1.29 is 4.74 Å². The molecule has 104 valence electrons. The molecule has 2 fully saturated rings. The fourth-order valence-electron chi connectivity index (χ4n) is 3.01. The first-order valence-electron chi connectivity index (χ1n) is 6.94. The molecule has 2 aliphatic rings. The zero-order chi connectivity index (χ0) is 13.1. The predicted molar refractivity (Wildman–Crippen MR) is 76.8 cm³/mol. The van der Waals surface area contributed by atoms with Crippen molar-refractivity contribution in [1.29, 1.82) is 0 Å². The van der Waals surface area contributed by atoms with Crippen LogP contribution in [-0.2, 0) is 10.6 Å². The molecule has 1 unspecified atom stereocenters. The number of anilines is 1. The van der Waals surface area contributed by atoms with Crippen LogP contribution in [0.5, 0.6) is 0 Å². The van der Waals surface area contributed by atoms with Gasteiger partial charge in [0.2, 0.25) is 0 Å². The number of alkyl halides is 1. The van der Waals surface area contributed by atoms with Gasteiger partial charge in [-0.25, -0.2) is 0 Å². The predicted octanol–water partition coefficient (Wildman–Crippen LogP) is 1.73. The van der Waals surface area contributed by atoms with Gasteiger partial charge in [-0.2, -0.15) is 0 Å². The lowest BCUT2D eigenvalue weighted by Gasteiger charge is -2.32. The molecule has 4 nitrogen and oxygen atoms in total. The van der Waals surface area contributed by atoms with Crippen LogP contribution in [0.2, 0.25) is 0 Å². The van der Waals surface area contributed by atoms with Gasteiger partial charge in [0.15, 0.2) is 0 Å². The Bertz CT molecular complexity index is 423. The van der Waals surface area contributed by atoms with Gasteiger partial charge in [-0.3, -0.25) is 9.88 Å². The van der Waals surface area contributed by atoms with Crippen LogP contribution >= 0.6 is 11.6 Å². The van der Waals surface area contributed by atoms with Gasteiger partial charge in [0, 0.05) is 44.3 Å². The van der Waals surface area contributed by atoms with Gasteiger partial charge in [-0.1, -0.05) is 0 Å². The van der Waals surface area contributed by atoms with E-state index < -0.39 is 0 Å². The zero-order valence-electron chi connectivity index (χ0n) is 11.1. The highest BCUT2D eigenvalue weighted by Crippen LogP contribution is 2.27. The second-order valence-electron chi connectivity index (χ2n) is 5.17. The monoisotopic (exact) mass is 281 g/mol. The third-order valence-electron chi connectivity index (χ3n) is 4.10. The first kappa shape index (κ1) is 13.2. The van der Waals surface area contributed by atoms with E-state index in [2.05, 4.69) is 14.8 Å². The number of hydrogen-bond acceptors (Lipinski definition) is 4. The maximum absolute atomic E-state index is 6.01. The molecular formula is C14H20ClN3O. The Morgan fingerprint density at radius 3 is 2.95 bits per heavy atom. The molecule has 1 atom stereocenters. The van der Waals surface area contributed by atoms with Gasteiger partial charge < -0.3 is 9.64 Å². The Hall–Kier alpha value is -0.840. The summed E-state index contributed by atoms with van der Waals surface area (Å²) in [6.45, 7) is 6.04. The molecule has 3 heterocycles. The smallest absolute Gasteiger partial charge is 0.0598 e. The molecule has 0 aromatic carbocycles. The molecule has 0 saturated carbocycles.